The molecule has 2 fully saturated rings. The lowest BCUT2D eigenvalue weighted by molar-refractivity contribution is -0.133. The Morgan fingerprint density at radius 3 is 3.04 bits per heavy atom. The standard InChI is InChI=1S/C19H23N3O/c1-14-5-2-6-15(11-14)17-12-18(17)19(23)22-10-3-7-16(22)13-21-9-4-8-20-21/h2,4-6,8-9,11,16-18H,3,7,10,12-13H2,1H3/t16-,17-,18-/m0/s1. The molecule has 4 rings (SSSR count). The van der Waals surface area contributed by atoms with Gasteiger partial charge in [0.15, 0.2) is 0 Å². The van der Waals surface area contributed by atoms with Gasteiger partial charge in [0.05, 0.1) is 12.6 Å². The van der Waals surface area contributed by atoms with Gasteiger partial charge in [-0.3, -0.25) is 9.48 Å². The summed E-state index contributed by atoms with van der Waals surface area (Å²) in [5, 5.41) is 4.28. The van der Waals surface area contributed by atoms with Crippen molar-refractivity contribution < 1.29 is 4.79 Å². The highest BCUT2D eigenvalue weighted by Gasteiger charge is 2.47. The van der Waals surface area contributed by atoms with E-state index in [2.05, 4.69) is 41.2 Å². The molecule has 1 saturated carbocycles. The maximum Gasteiger partial charge on any atom is 0.226 e. The van der Waals surface area contributed by atoms with Gasteiger partial charge in [-0.05, 0) is 43.7 Å². The maximum atomic E-state index is 12.9. The van der Waals surface area contributed by atoms with Gasteiger partial charge in [0, 0.05) is 24.9 Å². The Bertz CT molecular complexity index is 694. The van der Waals surface area contributed by atoms with Crippen molar-refractivity contribution in [1.82, 2.24) is 14.7 Å². The molecule has 2 aromatic rings. The van der Waals surface area contributed by atoms with Crippen LogP contribution in [0.2, 0.25) is 0 Å². The van der Waals surface area contributed by atoms with Gasteiger partial charge in [0.1, 0.15) is 0 Å². The quantitative estimate of drug-likeness (QED) is 0.871. The van der Waals surface area contributed by atoms with E-state index in [9.17, 15) is 4.79 Å². The van der Waals surface area contributed by atoms with E-state index in [-0.39, 0.29) is 5.92 Å². The molecule has 1 aliphatic heterocycles. The van der Waals surface area contributed by atoms with Crippen LogP contribution in [0, 0.1) is 12.8 Å². The van der Waals surface area contributed by atoms with Crippen LogP contribution in [0.3, 0.4) is 0 Å². The molecular weight excluding hydrogens is 286 g/mol. The number of nitrogens with zero attached hydrogens (tertiary/aromatic N) is 3. The number of amides is 1. The van der Waals surface area contributed by atoms with Crippen LogP contribution in [0.5, 0.6) is 0 Å². The molecular formula is C19H23N3O. The van der Waals surface area contributed by atoms with Gasteiger partial charge < -0.3 is 4.90 Å². The summed E-state index contributed by atoms with van der Waals surface area (Å²) in [5.74, 6) is 0.967. The van der Waals surface area contributed by atoms with Crippen LogP contribution >= 0.6 is 0 Å². The van der Waals surface area contributed by atoms with Gasteiger partial charge in [-0.2, -0.15) is 5.10 Å². The SMILES string of the molecule is Cc1cccc([C@@H]2C[C@@H]2C(=O)N2CCC[C@H]2Cn2cccn2)c1. The molecule has 0 bridgehead atoms. The van der Waals surface area contributed by atoms with Crippen molar-refractivity contribution in [3.8, 4) is 0 Å². The highest BCUT2D eigenvalue weighted by atomic mass is 16.2. The van der Waals surface area contributed by atoms with Crippen molar-refractivity contribution >= 4 is 5.91 Å². The molecule has 1 aromatic heterocycles. The summed E-state index contributed by atoms with van der Waals surface area (Å²) in [7, 11) is 0. The summed E-state index contributed by atoms with van der Waals surface area (Å²) < 4.78 is 1.95. The normalized spacial score (nSPS) is 26.5. The van der Waals surface area contributed by atoms with Gasteiger partial charge >= 0.3 is 0 Å². The fourth-order valence-electron chi connectivity index (χ4n) is 3.89. The second-order valence-electron chi connectivity index (χ2n) is 6.92. The van der Waals surface area contributed by atoms with Crippen LogP contribution in [0.4, 0.5) is 0 Å². The summed E-state index contributed by atoms with van der Waals surface area (Å²) in [4.78, 5) is 15.0. The minimum atomic E-state index is 0.190. The summed E-state index contributed by atoms with van der Waals surface area (Å²) in [5.41, 5.74) is 2.60. The van der Waals surface area contributed by atoms with E-state index in [1.165, 1.54) is 11.1 Å². The zero-order chi connectivity index (χ0) is 15.8. The zero-order valence-corrected chi connectivity index (χ0v) is 13.6. The topological polar surface area (TPSA) is 38.1 Å². The molecule has 0 unspecified atom stereocenters. The second-order valence-corrected chi connectivity index (χ2v) is 6.92. The van der Waals surface area contributed by atoms with Crippen molar-refractivity contribution in [1.29, 1.82) is 0 Å². The van der Waals surface area contributed by atoms with E-state index < -0.39 is 0 Å². The summed E-state index contributed by atoms with van der Waals surface area (Å²) in [6.07, 6.45) is 6.99. The number of aromatic nitrogens is 2. The first-order valence-electron chi connectivity index (χ1n) is 8.57. The Morgan fingerprint density at radius 1 is 1.35 bits per heavy atom. The highest BCUT2D eigenvalue weighted by Crippen LogP contribution is 2.49. The molecule has 2 heterocycles. The number of likely N-dealkylation sites (tertiary alicyclic amines) is 1. The van der Waals surface area contributed by atoms with Crippen LogP contribution in [0.15, 0.2) is 42.7 Å². The van der Waals surface area contributed by atoms with Crippen molar-refractivity contribution in [2.24, 2.45) is 5.92 Å². The summed E-state index contributed by atoms with van der Waals surface area (Å²) in [6, 6.07) is 10.8. The number of hydrogen-bond acceptors (Lipinski definition) is 2. The molecule has 1 aromatic carbocycles. The van der Waals surface area contributed by atoms with Crippen LogP contribution < -0.4 is 0 Å². The predicted octanol–water partition coefficient (Wildman–Crippen LogP) is 2.99. The molecule has 1 amide bonds. The Balaban J connectivity index is 1.43. The van der Waals surface area contributed by atoms with Gasteiger partial charge in [-0.15, -0.1) is 0 Å². The van der Waals surface area contributed by atoms with E-state index >= 15 is 0 Å². The first-order valence-corrected chi connectivity index (χ1v) is 8.57. The lowest BCUT2D eigenvalue weighted by atomic mass is 10.1. The zero-order valence-electron chi connectivity index (χ0n) is 13.6. The third-order valence-corrected chi connectivity index (χ3v) is 5.20. The predicted molar refractivity (Wildman–Crippen MR) is 89.0 cm³/mol. The molecule has 4 heteroatoms. The average Bonchev–Trinajstić information content (AvgIpc) is 2.94. The fraction of sp³-hybridized carbons (Fsp3) is 0.474. The van der Waals surface area contributed by atoms with Gasteiger partial charge in [-0.25, -0.2) is 0 Å². The van der Waals surface area contributed by atoms with Crippen LogP contribution in [-0.2, 0) is 11.3 Å². The number of rotatable bonds is 4. The highest BCUT2D eigenvalue weighted by molar-refractivity contribution is 5.83. The smallest absolute Gasteiger partial charge is 0.226 e. The van der Waals surface area contributed by atoms with Crippen LogP contribution in [0.1, 0.15) is 36.3 Å². The average molecular weight is 309 g/mol. The van der Waals surface area contributed by atoms with Crippen molar-refractivity contribution in [2.75, 3.05) is 6.54 Å². The third-order valence-electron chi connectivity index (χ3n) is 5.20. The van der Waals surface area contributed by atoms with Crippen molar-refractivity contribution in [3.05, 3.63) is 53.9 Å². The number of carbonyl (C=O) groups is 1. The van der Waals surface area contributed by atoms with E-state index in [4.69, 9.17) is 0 Å². The van der Waals surface area contributed by atoms with E-state index in [0.29, 0.717) is 17.9 Å². The van der Waals surface area contributed by atoms with Gasteiger partial charge in [0.25, 0.3) is 0 Å². The first-order chi connectivity index (χ1) is 11.2. The fourth-order valence-corrected chi connectivity index (χ4v) is 3.89. The Labute approximate surface area is 137 Å². The molecule has 23 heavy (non-hydrogen) atoms. The van der Waals surface area contributed by atoms with Crippen LogP contribution in [-0.4, -0.2) is 33.2 Å². The summed E-state index contributed by atoms with van der Waals surface area (Å²) >= 11 is 0. The number of aryl methyl sites for hydroxylation is 1. The van der Waals surface area contributed by atoms with E-state index in [0.717, 1.165) is 32.4 Å². The monoisotopic (exact) mass is 309 g/mol. The van der Waals surface area contributed by atoms with E-state index in [1.807, 2.05) is 16.9 Å². The summed E-state index contributed by atoms with van der Waals surface area (Å²) in [6.45, 7) is 3.84. The lowest BCUT2D eigenvalue weighted by Crippen LogP contribution is -2.39. The Kier molecular flexibility index (Phi) is 3.68. The lowest BCUT2D eigenvalue weighted by Gasteiger charge is -2.25. The molecule has 1 saturated heterocycles. The second kappa shape index (κ2) is 5.84. The number of benzene rings is 1. The van der Waals surface area contributed by atoms with Crippen molar-refractivity contribution in [3.63, 3.8) is 0 Å². The first kappa shape index (κ1) is 14.5. The van der Waals surface area contributed by atoms with Gasteiger partial charge in [-0.1, -0.05) is 29.8 Å². The molecule has 0 N–H and O–H groups in total. The largest absolute Gasteiger partial charge is 0.338 e. The molecule has 2 aliphatic rings. The molecule has 3 atom stereocenters. The Hall–Kier alpha value is -2.10. The minimum absolute atomic E-state index is 0.190. The number of carbonyl (C=O) groups excluding carboxylic acids is 1. The van der Waals surface area contributed by atoms with Gasteiger partial charge in [0.2, 0.25) is 5.91 Å². The van der Waals surface area contributed by atoms with Crippen LogP contribution in [0.25, 0.3) is 0 Å². The molecule has 4 nitrogen and oxygen atoms in total. The van der Waals surface area contributed by atoms with Crippen molar-refractivity contribution in [2.45, 2.75) is 44.7 Å². The van der Waals surface area contributed by atoms with E-state index in [1.54, 1.807) is 6.20 Å². The number of hydrogen-bond donors (Lipinski definition) is 0. The Morgan fingerprint density at radius 2 is 2.26 bits per heavy atom. The molecule has 0 radical (unpaired) electrons. The maximum absolute atomic E-state index is 12.9. The third kappa shape index (κ3) is 2.90. The minimum Gasteiger partial charge on any atom is -0.338 e. The molecule has 1 aliphatic carbocycles. The molecule has 0 spiro atoms. The molecule has 120 valence electrons.